The van der Waals surface area contributed by atoms with E-state index in [0.717, 1.165) is 63.7 Å². The van der Waals surface area contributed by atoms with Gasteiger partial charge in [0, 0.05) is 19.3 Å². The highest BCUT2D eigenvalue weighted by molar-refractivity contribution is 5.71. The summed E-state index contributed by atoms with van der Waals surface area (Å²) >= 11 is 0. The van der Waals surface area contributed by atoms with Gasteiger partial charge in [-0.05, 0) is 25.2 Å². The Labute approximate surface area is 348 Å². The molecule has 0 rings (SSSR count). The first-order valence-electron chi connectivity index (χ1n) is 24.9. The maximum atomic E-state index is 12.7. The van der Waals surface area contributed by atoms with E-state index in [9.17, 15) is 14.4 Å². The molecule has 1 atom stereocenters. The molecule has 6 heteroatoms. The van der Waals surface area contributed by atoms with Crippen molar-refractivity contribution in [2.75, 3.05) is 13.2 Å². The number of rotatable bonds is 45. The lowest BCUT2D eigenvalue weighted by Gasteiger charge is -2.18. The van der Waals surface area contributed by atoms with Gasteiger partial charge in [0.15, 0.2) is 6.10 Å². The Morgan fingerprint density at radius 1 is 0.339 bits per heavy atom. The number of hydrogen-bond donors (Lipinski definition) is 0. The molecule has 0 heterocycles. The zero-order valence-electron chi connectivity index (χ0n) is 38.1. The Kier molecular flexibility index (Phi) is 43.2. The van der Waals surface area contributed by atoms with Crippen LogP contribution in [0.1, 0.15) is 278 Å². The van der Waals surface area contributed by atoms with Crippen LogP contribution in [0.4, 0.5) is 0 Å². The highest BCUT2D eigenvalue weighted by atomic mass is 16.6. The first-order valence-corrected chi connectivity index (χ1v) is 24.9. The monoisotopic (exact) mass is 793 g/mol. The number of hydrogen-bond acceptors (Lipinski definition) is 6. The smallest absolute Gasteiger partial charge is 0.306 e. The predicted molar refractivity (Wildman–Crippen MR) is 238 cm³/mol. The van der Waals surface area contributed by atoms with E-state index in [2.05, 4.69) is 27.7 Å². The Morgan fingerprint density at radius 2 is 0.589 bits per heavy atom. The Balaban J connectivity index is 4.25. The summed E-state index contributed by atoms with van der Waals surface area (Å²) in [6.07, 6.45) is 45.2. The maximum Gasteiger partial charge on any atom is 0.306 e. The summed E-state index contributed by atoms with van der Waals surface area (Å²) in [5, 5.41) is 0. The standard InChI is InChI=1S/C50H96O6/c1-5-7-9-11-13-15-17-18-19-20-21-22-24-26-30-34-38-42-49(52)55-45-47(56-50(53)43-39-35-31-27-28-32-36-40-46(3)4)44-54-48(51)41-37-33-29-25-23-16-14-12-10-8-6-2/h46-47H,5-45H2,1-4H3/t47-/m0/s1. The van der Waals surface area contributed by atoms with Crippen molar-refractivity contribution in [1.29, 1.82) is 0 Å². The zero-order valence-corrected chi connectivity index (χ0v) is 38.1. The lowest BCUT2D eigenvalue weighted by atomic mass is 10.0. The average Bonchev–Trinajstić information content (AvgIpc) is 3.18. The topological polar surface area (TPSA) is 78.9 Å². The van der Waals surface area contributed by atoms with Crippen molar-refractivity contribution < 1.29 is 28.6 Å². The molecule has 0 aliphatic rings. The van der Waals surface area contributed by atoms with Crippen LogP contribution in [0.5, 0.6) is 0 Å². The molecule has 0 saturated carbocycles. The van der Waals surface area contributed by atoms with E-state index < -0.39 is 6.10 Å². The lowest BCUT2D eigenvalue weighted by molar-refractivity contribution is -0.167. The van der Waals surface area contributed by atoms with E-state index in [4.69, 9.17) is 14.2 Å². The van der Waals surface area contributed by atoms with E-state index in [0.29, 0.717) is 19.3 Å². The third kappa shape index (κ3) is 43.5. The Bertz CT molecular complexity index is 841. The second-order valence-corrected chi connectivity index (χ2v) is 17.6. The van der Waals surface area contributed by atoms with Crippen LogP contribution < -0.4 is 0 Å². The summed E-state index contributed by atoms with van der Waals surface area (Å²) in [4.78, 5) is 37.8. The molecule has 0 fully saturated rings. The van der Waals surface area contributed by atoms with Gasteiger partial charge in [0.2, 0.25) is 0 Å². The van der Waals surface area contributed by atoms with Crippen molar-refractivity contribution in [1.82, 2.24) is 0 Å². The van der Waals surface area contributed by atoms with Crippen molar-refractivity contribution in [3.63, 3.8) is 0 Å². The van der Waals surface area contributed by atoms with Gasteiger partial charge < -0.3 is 14.2 Å². The van der Waals surface area contributed by atoms with Crippen molar-refractivity contribution in [2.45, 2.75) is 284 Å². The lowest BCUT2D eigenvalue weighted by Crippen LogP contribution is -2.30. The minimum Gasteiger partial charge on any atom is -0.462 e. The van der Waals surface area contributed by atoms with Crippen molar-refractivity contribution in [3.8, 4) is 0 Å². The van der Waals surface area contributed by atoms with Gasteiger partial charge in [0.05, 0.1) is 0 Å². The van der Waals surface area contributed by atoms with Gasteiger partial charge in [-0.25, -0.2) is 0 Å². The van der Waals surface area contributed by atoms with Crippen LogP contribution in [0, 0.1) is 5.92 Å². The first kappa shape index (κ1) is 54.4. The molecule has 0 aliphatic carbocycles. The van der Waals surface area contributed by atoms with Gasteiger partial charge in [-0.1, -0.05) is 240 Å². The van der Waals surface area contributed by atoms with E-state index >= 15 is 0 Å². The molecule has 0 aromatic rings. The van der Waals surface area contributed by atoms with Gasteiger partial charge in [-0.15, -0.1) is 0 Å². The summed E-state index contributed by atoms with van der Waals surface area (Å²) in [6, 6.07) is 0. The van der Waals surface area contributed by atoms with Crippen LogP contribution in [0.25, 0.3) is 0 Å². The van der Waals surface area contributed by atoms with Crippen molar-refractivity contribution >= 4 is 17.9 Å². The number of unbranched alkanes of at least 4 members (excludes halogenated alkanes) is 32. The molecular weight excluding hydrogens is 697 g/mol. The molecule has 56 heavy (non-hydrogen) atoms. The van der Waals surface area contributed by atoms with Gasteiger partial charge in [-0.2, -0.15) is 0 Å². The Morgan fingerprint density at radius 3 is 0.875 bits per heavy atom. The summed E-state index contributed by atoms with van der Waals surface area (Å²) in [5.41, 5.74) is 0. The normalized spacial score (nSPS) is 11.9. The molecular formula is C50H96O6. The number of esters is 3. The molecule has 0 aromatic heterocycles. The summed E-state index contributed by atoms with van der Waals surface area (Å²) in [7, 11) is 0. The molecule has 0 aliphatic heterocycles. The highest BCUT2D eigenvalue weighted by Crippen LogP contribution is 2.17. The van der Waals surface area contributed by atoms with Gasteiger partial charge in [0.25, 0.3) is 0 Å². The van der Waals surface area contributed by atoms with Crippen LogP contribution in [-0.2, 0) is 28.6 Å². The van der Waals surface area contributed by atoms with Gasteiger partial charge in [-0.3, -0.25) is 14.4 Å². The minimum atomic E-state index is -0.760. The van der Waals surface area contributed by atoms with Crippen LogP contribution >= 0.6 is 0 Å². The fourth-order valence-electron chi connectivity index (χ4n) is 7.51. The molecule has 0 amide bonds. The molecule has 0 aromatic carbocycles. The molecule has 6 nitrogen and oxygen atoms in total. The fraction of sp³-hybridized carbons (Fsp3) is 0.940. The second kappa shape index (κ2) is 44.5. The van der Waals surface area contributed by atoms with E-state index in [1.165, 1.54) is 173 Å². The third-order valence-corrected chi connectivity index (χ3v) is 11.3. The maximum absolute atomic E-state index is 12.7. The molecule has 0 unspecified atom stereocenters. The van der Waals surface area contributed by atoms with E-state index in [1.807, 2.05) is 0 Å². The molecule has 0 saturated heterocycles. The second-order valence-electron chi connectivity index (χ2n) is 17.6. The number of ether oxygens (including phenoxy) is 3. The summed E-state index contributed by atoms with van der Waals surface area (Å²) < 4.78 is 16.7. The largest absolute Gasteiger partial charge is 0.462 e. The van der Waals surface area contributed by atoms with Crippen molar-refractivity contribution in [3.05, 3.63) is 0 Å². The highest BCUT2D eigenvalue weighted by Gasteiger charge is 2.19. The van der Waals surface area contributed by atoms with Crippen molar-refractivity contribution in [2.24, 2.45) is 5.92 Å². The molecule has 0 N–H and O–H groups in total. The van der Waals surface area contributed by atoms with Crippen LogP contribution in [-0.4, -0.2) is 37.2 Å². The summed E-state index contributed by atoms with van der Waals surface area (Å²) in [6.45, 7) is 8.96. The number of carbonyl (C=O) groups is 3. The predicted octanol–water partition coefficient (Wildman–Crippen LogP) is 15.9. The molecule has 0 bridgehead atoms. The van der Waals surface area contributed by atoms with Crippen LogP contribution in [0.2, 0.25) is 0 Å². The quantitative estimate of drug-likeness (QED) is 0.0347. The molecule has 0 spiro atoms. The van der Waals surface area contributed by atoms with E-state index in [-0.39, 0.29) is 31.1 Å². The van der Waals surface area contributed by atoms with E-state index in [1.54, 1.807) is 0 Å². The first-order chi connectivity index (χ1) is 27.4. The fourth-order valence-corrected chi connectivity index (χ4v) is 7.51. The van der Waals surface area contributed by atoms with Gasteiger partial charge >= 0.3 is 17.9 Å². The molecule has 332 valence electrons. The van der Waals surface area contributed by atoms with Crippen LogP contribution in [0.3, 0.4) is 0 Å². The minimum absolute atomic E-state index is 0.0639. The van der Waals surface area contributed by atoms with Gasteiger partial charge in [0.1, 0.15) is 13.2 Å². The third-order valence-electron chi connectivity index (χ3n) is 11.3. The molecule has 0 radical (unpaired) electrons. The zero-order chi connectivity index (χ0) is 41.0. The Hall–Kier alpha value is -1.59. The average molecular weight is 793 g/mol. The van der Waals surface area contributed by atoms with Crippen LogP contribution in [0.15, 0.2) is 0 Å². The number of carbonyl (C=O) groups excluding carboxylic acids is 3. The summed E-state index contributed by atoms with van der Waals surface area (Å²) in [5.74, 6) is -0.0739. The SMILES string of the molecule is CCCCCCCCCCCCCCCCCCCC(=O)OC[C@H](COC(=O)CCCCCCCCCCCCC)OC(=O)CCCCCCCCCC(C)C.